The first-order valence-electron chi connectivity index (χ1n) is 6.43. The monoisotopic (exact) mass is 341 g/mol. The average Bonchev–Trinajstić information content (AvgIpc) is 2.55. The Bertz CT molecular complexity index is 787. The van der Waals surface area contributed by atoms with E-state index in [4.69, 9.17) is 0 Å². The number of hydrogen-bond donors (Lipinski definition) is 1. The van der Waals surface area contributed by atoms with Crippen LogP contribution in [0.25, 0.3) is 10.8 Å². The molecule has 0 aliphatic carbocycles. The topological polar surface area (TPSA) is 54.9 Å². The summed E-state index contributed by atoms with van der Waals surface area (Å²) in [6.45, 7) is 0. The summed E-state index contributed by atoms with van der Waals surface area (Å²) in [6, 6.07) is 13.5. The van der Waals surface area contributed by atoms with Gasteiger partial charge in [-0.1, -0.05) is 46.3 Å². The number of rotatable bonds is 3. The van der Waals surface area contributed by atoms with Crippen molar-refractivity contribution in [3.63, 3.8) is 0 Å². The van der Waals surface area contributed by atoms with Crippen molar-refractivity contribution >= 4 is 38.4 Å². The van der Waals surface area contributed by atoms with Gasteiger partial charge in [0.05, 0.1) is 18.1 Å². The van der Waals surface area contributed by atoms with Gasteiger partial charge in [0.1, 0.15) is 0 Å². The number of hydrogen-bond acceptors (Lipinski definition) is 3. The minimum atomic E-state index is -0.193. The van der Waals surface area contributed by atoms with Gasteiger partial charge in [-0.05, 0) is 22.9 Å². The fourth-order valence-electron chi connectivity index (χ4n) is 2.01. The lowest BCUT2D eigenvalue weighted by molar-refractivity contribution is 0.102. The molecule has 0 fully saturated rings. The molecule has 0 aliphatic heterocycles. The van der Waals surface area contributed by atoms with E-state index < -0.39 is 0 Å². The zero-order valence-electron chi connectivity index (χ0n) is 11.1. The van der Waals surface area contributed by atoms with Crippen LogP contribution in [0.15, 0.2) is 54.9 Å². The van der Waals surface area contributed by atoms with Crippen molar-refractivity contribution in [3.05, 3.63) is 66.1 Å². The highest BCUT2D eigenvalue weighted by atomic mass is 79.9. The number of carbonyl (C=O) groups is 1. The van der Waals surface area contributed by atoms with Gasteiger partial charge in [0.15, 0.2) is 5.82 Å². The molecule has 2 aromatic carbocycles. The fraction of sp³-hybridized carbons (Fsp3) is 0.0625. The van der Waals surface area contributed by atoms with Crippen LogP contribution in [0.5, 0.6) is 0 Å². The molecule has 0 aliphatic rings. The van der Waals surface area contributed by atoms with Crippen LogP contribution in [0, 0.1) is 0 Å². The maximum absolute atomic E-state index is 12.2. The van der Waals surface area contributed by atoms with Gasteiger partial charge in [0, 0.05) is 10.9 Å². The molecule has 0 radical (unpaired) electrons. The first-order chi connectivity index (χ1) is 10.3. The molecule has 4 nitrogen and oxygen atoms in total. The van der Waals surface area contributed by atoms with E-state index in [2.05, 4.69) is 31.2 Å². The molecule has 1 N–H and O–H groups in total. The number of halogens is 1. The number of fused-ring (bicyclic) bond motifs is 1. The Hall–Kier alpha value is -2.27. The van der Waals surface area contributed by atoms with Crippen LogP contribution >= 0.6 is 15.9 Å². The Morgan fingerprint density at radius 2 is 1.86 bits per heavy atom. The van der Waals surface area contributed by atoms with E-state index in [1.807, 2.05) is 36.4 Å². The van der Waals surface area contributed by atoms with E-state index >= 15 is 0 Å². The predicted octanol–water partition coefficient (Wildman–Crippen LogP) is 3.78. The first-order valence-corrected chi connectivity index (χ1v) is 7.55. The van der Waals surface area contributed by atoms with E-state index in [9.17, 15) is 4.79 Å². The second kappa shape index (κ2) is 6.01. The number of anilines is 1. The molecule has 0 bridgehead atoms. The maximum Gasteiger partial charge on any atom is 0.256 e. The van der Waals surface area contributed by atoms with Crippen molar-refractivity contribution in [1.29, 1.82) is 0 Å². The normalized spacial score (nSPS) is 10.5. The van der Waals surface area contributed by atoms with Gasteiger partial charge in [0.2, 0.25) is 0 Å². The lowest BCUT2D eigenvalue weighted by atomic mass is 10.1. The van der Waals surface area contributed by atoms with Crippen LogP contribution in [0.4, 0.5) is 5.82 Å². The highest BCUT2D eigenvalue weighted by Crippen LogP contribution is 2.16. The number of benzene rings is 2. The number of amides is 1. The molecule has 3 aromatic rings. The summed E-state index contributed by atoms with van der Waals surface area (Å²) < 4.78 is 0. The molecule has 3 rings (SSSR count). The number of nitrogens with one attached hydrogen (secondary N) is 1. The van der Waals surface area contributed by atoms with E-state index in [0.29, 0.717) is 16.7 Å². The Balaban J connectivity index is 1.82. The largest absolute Gasteiger partial charge is 0.305 e. The minimum absolute atomic E-state index is 0.193. The third kappa shape index (κ3) is 3.08. The van der Waals surface area contributed by atoms with Gasteiger partial charge in [0.25, 0.3) is 5.91 Å². The van der Waals surface area contributed by atoms with Gasteiger partial charge >= 0.3 is 0 Å². The predicted molar refractivity (Wildman–Crippen MR) is 86.6 cm³/mol. The summed E-state index contributed by atoms with van der Waals surface area (Å²) in [5, 5.41) is 5.52. The van der Waals surface area contributed by atoms with Crippen LogP contribution in [0.2, 0.25) is 0 Å². The van der Waals surface area contributed by atoms with Gasteiger partial charge in [-0.3, -0.25) is 9.78 Å². The van der Waals surface area contributed by atoms with Crippen molar-refractivity contribution in [2.75, 3.05) is 5.32 Å². The molecule has 5 heteroatoms. The van der Waals surface area contributed by atoms with Crippen LogP contribution in [-0.4, -0.2) is 15.9 Å². The quantitative estimate of drug-likeness (QED) is 0.737. The Labute approximate surface area is 130 Å². The maximum atomic E-state index is 12.2. The van der Waals surface area contributed by atoms with E-state index in [0.717, 1.165) is 16.5 Å². The van der Waals surface area contributed by atoms with Crippen molar-refractivity contribution in [2.45, 2.75) is 5.33 Å². The van der Waals surface area contributed by atoms with Crippen molar-refractivity contribution < 1.29 is 4.79 Å². The van der Waals surface area contributed by atoms with Gasteiger partial charge in [-0.15, -0.1) is 0 Å². The van der Waals surface area contributed by atoms with Crippen LogP contribution in [0.1, 0.15) is 16.1 Å². The summed E-state index contributed by atoms with van der Waals surface area (Å²) in [5.74, 6) is 0.250. The third-order valence-corrected chi connectivity index (χ3v) is 3.67. The summed E-state index contributed by atoms with van der Waals surface area (Å²) >= 11 is 3.30. The molecule has 0 atom stereocenters. The second-order valence-corrected chi connectivity index (χ2v) is 5.10. The summed E-state index contributed by atoms with van der Waals surface area (Å²) in [6.07, 6.45) is 3.18. The highest BCUT2D eigenvalue weighted by Gasteiger charge is 2.08. The lowest BCUT2D eigenvalue weighted by Crippen LogP contribution is -2.13. The number of alkyl halides is 1. The van der Waals surface area contributed by atoms with Crippen molar-refractivity contribution in [3.8, 4) is 0 Å². The van der Waals surface area contributed by atoms with E-state index in [1.54, 1.807) is 18.5 Å². The van der Waals surface area contributed by atoms with Crippen LogP contribution in [0.3, 0.4) is 0 Å². The number of aromatic nitrogens is 2. The Morgan fingerprint density at radius 1 is 1.05 bits per heavy atom. The zero-order valence-corrected chi connectivity index (χ0v) is 12.7. The van der Waals surface area contributed by atoms with Gasteiger partial charge in [-0.2, -0.15) is 0 Å². The van der Waals surface area contributed by atoms with Gasteiger partial charge in [-0.25, -0.2) is 4.98 Å². The molecule has 1 aromatic heterocycles. The molecule has 0 spiro atoms. The minimum Gasteiger partial charge on any atom is -0.305 e. The molecule has 104 valence electrons. The molecule has 0 saturated carbocycles. The van der Waals surface area contributed by atoms with Crippen molar-refractivity contribution in [1.82, 2.24) is 9.97 Å². The van der Waals surface area contributed by atoms with Crippen LogP contribution in [-0.2, 0) is 5.33 Å². The standard InChI is InChI=1S/C16H12BrN3O/c17-8-14-9-19-15(10-18-14)20-16(21)13-6-5-11-3-1-2-4-12(11)7-13/h1-7,9-10H,8H2,(H,19,20,21). The summed E-state index contributed by atoms with van der Waals surface area (Å²) in [5.41, 5.74) is 1.42. The average molecular weight is 342 g/mol. The van der Waals surface area contributed by atoms with E-state index in [-0.39, 0.29) is 5.91 Å². The third-order valence-electron chi connectivity index (χ3n) is 3.10. The zero-order chi connectivity index (χ0) is 14.7. The van der Waals surface area contributed by atoms with Crippen molar-refractivity contribution in [2.24, 2.45) is 0 Å². The fourth-order valence-corrected chi connectivity index (χ4v) is 2.30. The molecule has 1 heterocycles. The molecule has 0 unspecified atom stereocenters. The Morgan fingerprint density at radius 3 is 2.57 bits per heavy atom. The summed E-state index contributed by atoms with van der Waals surface area (Å²) in [7, 11) is 0. The SMILES string of the molecule is O=C(Nc1cnc(CBr)cn1)c1ccc2ccccc2c1. The lowest BCUT2D eigenvalue weighted by Gasteiger charge is -2.05. The van der Waals surface area contributed by atoms with Gasteiger partial charge < -0.3 is 5.32 Å². The molecular weight excluding hydrogens is 330 g/mol. The first kappa shape index (κ1) is 13.7. The number of carbonyl (C=O) groups excluding carboxylic acids is 1. The molecule has 21 heavy (non-hydrogen) atoms. The second-order valence-electron chi connectivity index (χ2n) is 4.54. The molecule has 0 saturated heterocycles. The smallest absolute Gasteiger partial charge is 0.256 e. The number of nitrogens with zero attached hydrogens (tertiary/aromatic N) is 2. The Kier molecular flexibility index (Phi) is 3.92. The molecular formula is C16H12BrN3O. The van der Waals surface area contributed by atoms with Crippen LogP contribution < -0.4 is 5.32 Å². The summed E-state index contributed by atoms with van der Waals surface area (Å²) in [4.78, 5) is 20.5. The highest BCUT2D eigenvalue weighted by molar-refractivity contribution is 9.08. The molecule has 1 amide bonds. The van der Waals surface area contributed by atoms with E-state index in [1.165, 1.54) is 0 Å².